The Balaban J connectivity index is 0. The first kappa shape index (κ1) is 21.6. The Hall–Kier alpha value is 0.300. The molecule has 116 valence electrons. The normalized spacial score (nSPS) is 12.8. The van der Waals surface area contributed by atoms with Crippen LogP contribution in [0, 0.1) is 0 Å². The second kappa shape index (κ2) is 10.1. The van der Waals surface area contributed by atoms with Crippen LogP contribution >= 0.6 is 35.7 Å². The number of nitrogens with one attached hydrogen (secondary N) is 2. The van der Waals surface area contributed by atoms with Crippen LogP contribution in [-0.2, 0) is 9.84 Å². The fraction of sp³-hybridized carbons (Fsp3) is 0.909. The Morgan fingerprint density at radius 3 is 2.16 bits per heavy atom. The molecule has 0 aromatic heterocycles. The molecule has 0 bridgehead atoms. The molecule has 0 aliphatic carbocycles. The zero-order valence-corrected chi connectivity index (χ0v) is 16.3. The molecule has 0 spiro atoms. The van der Waals surface area contributed by atoms with Crippen LogP contribution in [-0.4, -0.2) is 57.0 Å². The van der Waals surface area contributed by atoms with Crippen LogP contribution in [0.5, 0.6) is 0 Å². The number of hydrogen-bond acceptors (Lipinski definition) is 4. The number of halogens is 1. The summed E-state index contributed by atoms with van der Waals surface area (Å²) in [6.45, 7) is 6.33. The molecule has 0 saturated carbocycles. The van der Waals surface area contributed by atoms with Crippen molar-refractivity contribution >= 4 is 51.5 Å². The summed E-state index contributed by atoms with van der Waals surface area (Å²) < 4.78 is 23.1. The Morgan fingerprint density at radius 2 is 1.74 bits per heavy atom. The Labute approximate surface area is 138 Å². The SMILES string of the molecule is CN=C(NCCSC)NCCS(=O)(=O)C(C)(C)C.I. The predicted octanol–water partition coefficient (Wildman–Crippen LogP) is 1.35. The van der Waals surface area contributed by atoms with E-state index in [4.69, 9.17) is 0 Å². The first-order valence-electron chi connectivity index (χ1n) is 5.90. The summed E-state index contributed by atoms with van der Waals surface area (Å²) >= 11 is 1.74. The van der Waals surface area contributed by atoms with Gasteiger partial charge in [0.05, 0.1) is 10.5 Å². The topological polar surface area (TPSA) is 70.6 Å². The van der Waals surface area contributed by atoms with Gasteiger partial charge in [-0.2, -0.15) is 11.8 Å². The van der Waals surface area contributed by atoms with Gasteiger partial charge in [-0.05, 0) is 27.0 Å². The van der Waals surface area contributed by atoms with E-state index in [-0.39, 0.29) is 29.7 Å². The molecule has 0 fully saturated rings. The van der Waals surface area contributed by atoms with Crippen LogP contribution in [0.2, 0.25) is 0 Å². The fourth-order valence-corrected chi connectivity index (χ4v) is 2.39. The van der Waals surface area contributed by atoms with Gasteiger partial charge >= 0.3 is 0 Å². The first-order valence-corrected chi connectivity index (χ1v) is 8.95. The molecule has 5 nitrogen and oxygen atoms in total. The van der Waals surface area contributed by atoms with Gasteiger partial charge < -0.3 is 10.6 Å². The van der Waals surface area contributed by atoms with Crippen molar-refractivity contribution in [2.75, 3.05) is 37.9 Å². The molecule has 0 aliphatic rings. The number of aliphatic imine (C=N–C) groups is 1. The molecule has 19 heavy (non-hydrogen) atoms. The van der Waals surface area contributed by atoms with E-state index < -0.39 is 14.6 Å². The lowest BCUT2D eigenvalue weighted by atomic mass is 10.3. The van der Waals surface area contributed by atoms with E-state index in [0.717, 1.165) is 12.3 Å². The van der Waals surface area contributed by atoms with E-state index in [1.807, 2.05) is 6.26 Å². The van der Waals surface area contributed by atoms with Crippen molar-refractivity contribution in [3.05, 3.63) is 0 Å². The van der Waals surface area contributed by atoms with Gasteiger partial charge in [0.25, 0.3) is 0 Å². The molecular formula is C11H26IN3O2S2. The van der Waals surface area contributed by atoms with Crippen molar-refractivity contribution in [3.63, 3.8) is 0 Å². The van der Waals surface area contributed by atoms with Gasteiger partial charge in [-0.15, -0.1) is 24.0 Å². The molecule has 0 amide bonds. The smallest absolute Gasteiger partial charge is 0.191 e. The van der Waals surface area contributed by atoms with E-state index in [1.165, 1.54) is 0 Å². The summed E-state index contributed by atoms with van der Waals surface area (Å²) in [5.74, 6) is 1.74. The number of guanidine groups is 1. The molecule has 0 atom stereocenters. The molecule has 0 rings (SSSR count). The molecule has 0 aromatic rings. The maximum atomic E-state index is 11.9. The highest BCUT2D eigenvalue weighted by molar-refractivity contribution is 14.0. The maximum Gasteiger partial charge on any atom is 0.191 e. The predicted molar refractivity (Wildman–Crippen MR) is 96.7 cm³/mol. The lowest BCUT2D eigenvalue weighted by Gasteiger charge is -2.19. The molecule has 8 heteroatoms. The van der Waals surface area contributed by atoms with Crippen molar-refractivity contribution in [2.45, 2.75) is 25.5 Å². The summed E-state index contributed by atoms with van der Waals surface area (Å²) in [4.78, 5) is 4.03. The zero-order chi connectivity index (χ0) is 14.2. The van der Waals surface area contributed by atoms with Gasteiger partial charge in [0, 0.05) is 25.9 Å². The lowest BCUT2D eigenvalue weighted by molar-refractivity contribution is 0.559. The van der Waals surface area contributed by atoms with E-state index in [0.29, 0.717) is 12.5 Å². The third-order valence-corrected chi connectivity index (χ3v) is 5.64. The summed E-state index contributed by atoms with van der Waals surface area (Å²) in [6.07, 6.45) is 2.04. The highest BCUT2D eigenvalue weighted by Crippen LogP contribution is 2.15. The summed E-state index contributed by atoms with van der Waals surface area (Å²) in [5, 5.41) is 6.13. The van der Waals surface area contributed by atoms with Gasteiger partial charge in [-0.1, -0.05) is 0 Å². The van der Waals surface area contributed by atoms with Gasteiger partial charge in [-0.25, -0.2) is 8.42 Å². The monoisotopic (exact) mass is 423 g/mol. The summed E-state index contributed by atoms with van der Waals surface area (Å²) in [7, 11) is -1.40. The minimum absolute atomic E-state index is 0. The van der Waals surface area contributed by atoms with Crippen LogP contribution < -0.4 is 10.6 Å². The highest BCUT2D eigenvalue weighted by Gasteiger charge is 2.28. The number of sulfone groups is 1. The van der Waals surface area contributed by atoms with Crippen LogP contribution in [0.3, 0.4) is 0 Å². The summed E-state index contributed by atoms with van der Waals surface area (Å²) in [5.41, 5.74) is 0. The van der Waals surface area contributed by atoms with Crippen LogP contribution in [0.25, 0.3) is 0 Å². The average Bonchev–Trinajstić information content (AvgIpc) is 2.25. The molecule has 0 heterocycles. The van der Waals surface area contributed by atoms with Crippen molar-refractivity contribution in [2.24, 2.45) is 4.99 Å². The Morgan fingerprint density at radius 1 is 1.21 bits per heavy atom. The van der Waals surface area contributed by atoms with Gasteiger partial charge in [0.15, 0.2) is 15.8 Å². The number of rotatable bonds is 6. The van der Waals surface area contributed by atoms with E-state index in [2.05, 4.69) is 15.6 Å². The molecule has 0 radical (unpaired) electrons. The van der Waals surface area contributed by atoms with Crippen LogP contribution in [0.15, 0.2) is 4.99 Å². The average molecular weight is 423 g/mol. The van der Waals surface area contributed by atoms with Crippen molar-refractivity contribution in [1.82, 2.24) is 10.6 Å². The lowest BCUT2D eigenvalue weighted by Crippen LogP contribution is -2.42. The highest BCUT2D eigenvalue weighted by atomic mass is 127. The minimum Gasteiger partial charge on any atom is -0.356 e. The summed E-state index contributed by atoms with van der Waals surface area (Å²) in [6, 6.07) is 0. The van der Waals surface area contributed by atoms with E-state index in [9.17, 15) is 8.42 Å². The third kappa shape index (κ3) is 8.96. The largest absolute Gasteiger partial charge is 0.356 e. The number of thioether (sulfide) groups is 1. The van der Waals surface area contributed by atoms with Crippen molar-refractivity contribution < 1.29 is 8.42 Å². The Kier molecular flexibility index (Phi) is 11.5. The number of hydrogen-bond donors (Lipinski definition) is 2. The quantitative estimate of drug-likeness (QED) is 0.292. The standard InChI is InChI=1S/C11H25N3O2S2.HI/c1-11(2,3)18(15,16)9-7-14-10(12-4)13-6-8-17-5;/h6-9H2,1-5H3,(H2,12,13,14);1H. The molecule has 0 aromatic carbocycles. The molecule has 0 aliphatic heterocycles. The van der Waals surface area contributed by atoms with E-state index >= 15 is 0 Å². The Bertz CT molecular complexity index is 365. The van der Waals surface area contributed by atoms with Crippen LogP contribution in [0.4, 0.5) is 0 Å². The molecular weight excluding hydrogens is 397 g/mol. The minimum atomic E-state index is -3.08. The van der Waals surface area contributed by atoms with E-state index in [1.54, 1.807) is 39.6 Å². The fourth-order valence-electron chi connectivity index (χ4n) is 1.10. The maximum absolute atomic E-state index is 11.9. The molecule has 0 unspecified atom stereocenters. The second-order valence-electron chi connectivity index (χ2n) is 4.85. The van der Waals surface area contributed by atoms with Crippen LogP contribution in [0.1, 0.15) is 20.8 Å². The third-order valence-electron chi connectivity index (χ3n) is 2.42. The van der Waals surface area contributed by atoms with Gasteiger partial charge in [-0.3, -0.25) is 4.99 Å². The number of nitrogens with zero attached hydrogens (tertiary/aromatic N) is 1. The molecule has 0 saturated heterocycles. The molecule has 2 N–H and O–H groups in total. The first-order chi connectivity index (χ1) is 8.24. The van der Waals surface area contributed by atoms with Crippen molar-refractivity contribution in [3.8, 4) is 0 Å². The van der Waals surface area contributed by atoms with Crippen molar-refractivity contribution in [1.29, 1.82) is 0 Å². The van der Waals surface area contributed by atoms with Gasteiger partial charge in [0.2, 0.25) is 0 Å². The van der Waals surface area contributed by atoms with Gasteiger partial charge in [0.1, 0.15) is 0 Å². The second-order valence-corrected chi connectivity index (χ2v) is 8.70. The zero-order valence-electron chi connectivity index (χ0n) is 12.3.